The second-order valence-corrected chi connectivity index (χ2v) is 3.58. The zero-order valence-electron chi connectivity index (χ0n) is 9.26. The first kappa shape index (κ1) is 11.7. The van der Waals surface area contributed by atoms with Crippen molar-refractivity contribution in [2.75, 3.05) is 13.1 Å². The van der Waals surface area contributed by atoms with Gasteiger partial charge in [0.2, 0.25) is 5.91 Å². The van der Waals surface area contributed by atoms with Crippen molar-refractivity contribution in [3.63, 3.8) is 0 Å². The second-order valence-electron chi connectivity index (χ2n) is 3.58. The van der Waals surface area contributed by atoms with Crippen LogP contribution in [-0.4, -0.2) is 29.2 Å². The van der Waals surface area contributed by atoms with E-state index in [1.165, 1.54) is 0 Å². The van der Waals surface area contributed by atoms with Crippen molar-refractivity contribution in [1.82, 2.24) is 15.5 Å². The highest BCUT2D eigenvalue weighted by Gasteiger charge is 2.10. The molecule has 0 aliphatic heterocycles. The van der Waals surface area contributed by atoms with Crippen molar-refractivity contribution in [2.45, 2.75) is 26.7 Å². The van der Waals surface area contributed by atoms with Crippen LogP contribution in [0.25, 0.3) is 0 Å². The molecule has 1 aromatic heterocycles. The van der Waals surface area contributed by atoms with E-state index in [1.807, 2.05) is 13.8 Å². The Balaban J connectivity index is 2.44. The number of rotatable bonds is 5. The Morgan fingerprint density at radius 3 is 2.80 bits per heavy atom. The Kier molecular flexibility index (Phi) is 4.30. The van der Waals surface area contributed by atoms with Gasteiger partial charge in [-0.05, 0) is 26.8 Å². The third-order valence-corrected chi connectivity index (χ3v) is 2.32. The number of nitrogens with two attached hydrogens (primary N) is 1. The SMILES string of the molecule is Cc1n[nH]c(C)c1CC(=O)NCCCN. The van der Waals surface area contributed by atoms with E-state index in [0.29, 0.717) is 19.5 Å². The molecule has 5 heteroatoms. The molecule has 0 radical (unpaired) electrons. The van der Waals surface area contributed by atoms with Crippen LogP contribution in [-0.2, 0) is 11.2 Å². The second kappa shape index (κ2) is 5.50. The lowest BCUT2D eigenvalue weighted by Crippen LogP contribution is -2.27. The standard InChI is InChI=1S/C10H18N4O/c1-7-9(8(2)14-13-7)6-10(15)12-5-3-4-11/h3-6,11H2,1-2H3,(H,12,15)(H,13,14). The van der Waals surface area contributed by atoms with Crippen LogP contribution in [0.1, 0.15) is 23.4 Å². The number of hydrogen-bond acceptors (Lipinski definition) is 3. The molecule has 0 aliphatic rings. The maximum Gasteiger partial charge on any atom is 0.224 e. The highest BCUT2D eigenvalue weighted by atomic mass is 16.1. The Hall–Kier alpha value is -1.36. The van der Waals surface area contributed by atoms with Crippen LogP contribution < -0.4 is 11.1 Å². The first-order valence-electron chi connectivity index (χ1n) is 5.12. The van der Waals surface area contributed by atoms with Crippen molar-refractivity contribution >= 4 is 5.91 Å². The maximum absolute atomic E-state index is 11.5. The fourth-order valence-electron chi connectivity index (χ4n) is 1.39. The number of nitrogens with one attached hydrogen (secondary N) is 2. The molecule has 84 valence electrons. The summed E-state index contributed by atoms with van der Waals surface area (Å²) in [5.41, 5.74) is 8.17. The minimum absolute atomic E-state index is 0.0241. The molecule has 1 rings (SSSR count). The summed E-state index contributed by atoms with van der Waals surface area (Å²) in [7, 11) is 0. The van der Waals surface area contributed by atoms with Crippen LogP contribution in [0.2, 0.25) is 0 Å². The van der Waals surface area contributed by atoms with Crippen molar-refractivity contribution in [3.05, 3.63) is 17.0 Å². The van der Waals surface area contributed by atoms with Gasteiger partial charge in [0.05, 0.1) is 12.1 Å². The molecule has 4 N–H and O–H groups in total. The topological polar surface area (TPSA) is 83.8 Å². The minimum Gasteiger partial charge on any atom is -0.356 e. The largest absolute Gasteiger partial charge is 0.356 e. The first-order chi connectivity index (χ1) is 7.15. The number of aromatic nitrogens is 2. The van der Waals surface area contributed by atoms with E-state index in [-0.39, 0.29) is 5.91 Å². The van der Waals surface area contributed by atoms with E-state index < -0.39 is 0 Å². The third-order valence-electron chi connectivity index (χ3n) is 2.32. The normalized spacial score (nSPS) is 10.3. The monoisotopic (exact) mass is 210 g/mol. The Morgan fingerprint density at radius 1 is 1.53 bits per heavy atom. The summed E-state index contributed by atoms with van der Waals surface area (Å²) < 4.78 is 0. The molecule has 5 nitrogen and oxygen atoms in total. The van der Waals surface area contributed by atoms with Crippen LogP contribution in [0.5, 0.6) is 0 Å². The molecule has 0 aromatic carbocycles. The van der Waals surface area contributed by atoms with Crippen LogP contribution >= 0.6 is 0 Å². The molecule has 0 fully saturated rings. The van der Waals surface area contributed by atoms with Gasteiger partial charge < -0.3 is 11.1 Å². The van der Waals surface area contributed by atoms with E-state index in [2.05, 4.69) is 15.5 Å². The summed E-state index contributed by atoms with van der Waals surface area (Å²) in [4.78, 5) is 11.5. The Labute approximate surface area is 89.4 Å². The summed E-state index contributed by atoms with van der Waals surface area (Å²) in [6.07, 6.45) is 1.20. The van der Waals surface area contributed by atoms with Gasteiger partial charge in [0, 0.05) is 17.8 Å². The van der Waals surface area contributed by atoms with Crippen molar-refractivity contribution in [2.24, 2.45) is 5.73 Å². The first-order valence-corrected chi connectivity index (χ1v) is 5.12. The highest BCUT2D eigenvalue weighted by Crippen LogP contribution is 2.09. The van der Waals surface area contributed by atoms with Crippen molar-refractivity contribution in [1.29, 1.82) is 0 Å². The van der Waals surface area contributed by atoms with Gasteiger partial charge in [-0.3, -0.25) is 9.89 Å². The number of H-pyrrole nitrogens is 1. The Morgan fingerprint density at radius 2 is 2.27 bits per heavy atom. The molecular weight excluding hydrogens is 192 g/mol. The lowest BCUT2D eigenvalue weighted by molar-refractivity contribution is -0.120. The number of carbonyl (C=O) groups is 1. The molecule has 1 heterocycles. The van der Waals surface area contributed by atoms with Gasteiger partial charge in [-0.25, -0.2) is 0 Å². The van der Waals surface area contributed by atoms with Gasteiger partial charge in [-0.15, -0.1) is 0 Å². The summed E-state index contributed by atoms with van der Waals surface area (Å²) in [5, 5.41) is 9.72. The van der Waals surface area contributed by atoms with Crippen LogP contribution in [0.4, 0.5) is 0 Å². The van der Waals surface area contributed by atoms with E-state index in [9.17, 15) is 4.79 Å². The highest BCUT2D eigenvalue weighted by molar-refractivity contribution is 5.79. The van der Waals surface area contributed by atoms with E-state index in [1.54, 1.807) is 0 Å². The fourth-order valence-corrected chi connectivity index (χ4v) is 1.39. The summed E-state index contributed by atoms with van der Waals surface area (Å²) >= 11 is 0. The fraction of sp³-hybridized carbons (Fsp3) is 0.600. The van der Waals surface area contributed by atoms with E-state index in [0.717, 1.165) is 23.4 Å². The Bertz CT molecular complexity index is 313. The molecule has 0 saturated carbocycles. The number of hydrogen-bond donors (Lipinski definition) is 3. The average molecular weight is 210 g/mol. The van der Waals surface area contributed by atoms with Gasteiger partial charge >= 0.3 is 0 Å². The van der Waals surface area contributed by atoms with Crippen molar-refractivity contribution in [3.8, 4) is 0 Å². The molecule has 0 unspecified atom stereocenters. The third kappa shape index (κ3) is 3.36. The van der Waals surface area contributed by atoms with Crippen LogP contribution in [0.3, 0.4) is 0 Å². The van der Waals surface area contributed by atoms with E-state index in [4.69, 9.17) is 5.73 Å². The number of aromatic amines is 1. The smallest absolute Gasteiger partial charge is 0.224 e. The molecule has 0 aliphatic carbocycles. The average Bonchev–Trinajstić information content (AvgIpc) is 2.50. The van der Waals surface area contributed by atoms with E-state index >= 15 is 0 Å². The lowest BCUT2D eigenvalue weighted by atomic mass is 10.1. The predicted molar refractivity (Wildman–Crippen MR) is 58.4 cm³/mol. The number of carbonyl (C=O) groups excluding carboxylic acids is 1. The van der Waals surface area contributed by atoms with Gasteiger partial charge in [0.15, 0.2) is 0 Å². The molecule has 0 atom stereocenters. The quantitative estimate of drug-likeness (QED) is 0.600. The maximum atomic E-state index is 11.5. The molecule has 0 bridgehead atoms. The molecule has 0 spiro atoms. The van der Waals surface area contributed by atoms with Gasteiger partial charge in [0.1, 0.15) is 0 Å². The molecular formula is C10H18N4O. The molecule has 1 amide bonds. The lowest BCUT2D eigenvalue weighted by Gasteiger charge is -2.04. The predicted octanol–water partition coefficient (Wildman–Crippen LogP) is 0.0340. The van der Waals surface area contributed by atoms with Gasteiger partial charge in [0.25, 0.3) is 0 Å². The zero-order valence-corrected chi connectivity index (χ0v) is 9.26. The summed E-state index contributed by atoms with van der Waals surface area (Å²) in [6.45, 7) is 5.06. The molecule has 1 aromatic rings. The van der Waals surface area contributed by atoms with Crippen molar-refractivity contribution < 1.29 is 4.79 Å². The number of amides is 1. The van der Waals surface area contributed by atoms with Crippen LogP contribution in [0.15, 0.2) is 0 Å². The zero-order chi connectivity index (χ0) is 11.3. The van der Waals surface area contributed by atoms with Gasteiger partial charge in [-0.2, -0.15) is 5.10 Å². The summed E-state index contributed by atoms with van der Waals surface area (Å²) in [5.74, 6) is 0.0241. The minimum atomic E-state index is 0.0241. The van der Waals surface area contributed by atoms with Crippen LogP contribution in [0, 0.1) is 13.8 Å². The van der Waals surface area contributed by atoms with Gasteiger partial charge in [-0.1, -0.05) is 0 Å². The number of aryl methyl sites for hydroxylation is 2. The molecule has 15 heavy (non-hydrogen) atoms. The molecule has 0 saturated heterocycles. The summed E-state index contributed by atoms with van der Waals surface area (Å²) in [6, 6.07) is 0. The number of nitrogens with zero attached hydrogens (tertiary/aromatic N) is 1.